The largest absolute Gasteiger partial charge is 0.313 e. The Bertz CT molecular complexity index is 280. The van der Waals surface area contributed by atoms with Gasteiger partial charge in [-0.05, 0) is 19.4 Å². The first-order valence-corrected chi connectivity index (χ1v) is 6.57. The second kappa shape index (κ2) is 4.30. The SMILES string of the molecule is O=[S@@](C[C@@H]1CCCN1)c1nccs1. The van der Waals surface area contributed by atoms with Gasteiger partial charge in [-0.25, -0.2) is 4.98 Å². The van der Waals surface area contributed by atoms with E-state index in [4.69, 9.17) is 0 Å². The zero-order valence-electron chi connectivity index (χ0n) is 7.23. The van der Waals surface area contributed by atoms with Crippen molar-refractivity contribution in [3.8, 4) is 0 Å². The van der Waals surface area contributed by atoms with Crippen molar-refractivity contribution in [2.24, 2.45) is 0 Å². The molecule has 1 fully saturated rings. The molecule has 0 saturated carbocycles. The van der Waals surface area contributed by atoms with E-state index in [1.807, 2.05) is 5.38 Å². The van der Waals surface area contributed by atoms with Crippen LogP contribution in [0, 0.1) is 0 Å². The van der Waals surface area contributed by atoms with Gasteiger partial charge in [-0.3, -0.25) is 4.21 Å². The number of rotatable bonds is 3. The number of nitrogens with one attached hydrogen (secondary N) is 1. The fourth-order valence-electron chi connectivity index (χ4n) is 1.48. The Morgan fingerprint density at radius 3 is 3.31 bits per heavy atom. The van der Waals surface area contributed by atoms with Crippen molar-refractivity contribution in [2.75, 3.05) is 12.3 Å². The first-order chi connectivity index (χ1) is 6.36. The van der Waals surface area contributed by atoms with E-state index < -0.39 is 10.8 Å². The minimum absolute atomic E-state index is 0.435. The monoisotopic (exact) mass is 216 g/mol. The van der Waals surface area contributed by atoms with Crippen molar-refractivity contribution in [1.29, 1.82) is 0 Å². The highest BCUT2D eigenvalue weighted by atomic mass is 32.2. The summed E-state index contributed by atoms with van der Waals surface area (Å²) < 4.78 is 12.4. The highest BCUT2D eigenvalue weighted by molar-refractivity contribution is 7.87. The molecular formula is C8H12N2OS2. The number of thiazole rings is 1. The summed E-state index contributed by atoms with van der Waals surface area (Å²) >= 11 is 1.48. The molecule has 2 rings (SSSR count). The van der Waals surface area contributed by atoms with Crippen molar-refractivity contribution in [2.45, 2.75) is 23.2 Å². The van der Waals surface area contributed by atoms with Crippen LogP contribution in [0.15, 0.2) is 15.9 Å². The summed E-state index contributed by atoms with van der Waals surface area (Å²) in [5.41, 5.74) is 0. The molecule has 0 radical (unpaired) electrons. The first-order valence-electron chi connectivity index (χ1n) is 4.37. The summed E-state index contributed by atoms with van der Waals surface area (Å²) in [5, 5.41) is 5.20. The summed E-state index contributed by atoms with van der Waals surface area (Å²) in [6.45, 7) is 1.07. The van der Waals surface area contributed by atoms with Gasteiger partial charge in [0.05, 0.1) is 10.8 Å². The quantitative estimate of drug-likeness (QED) is 0.819. The van der Waals surface area contributed by atoms with Crippen molar-refractivity contribution >= 4 is 22.1 Å². The molecule has 1 aromatic rings. The number of hydrogen-bond acceptors (Lipinski definition) is 4. The van der Waals surface area contributed by atoms with Gasteiger partial charge >= 0.3 is 0 Å². The van der Waals surface area contributed by atoms with Crippen LogP contribution in [-0.4, -0.2) is 27.5 Å². The van der Waals surface area contributed by atoms with Crippen LogP contribution in [0.5, 0.6) is 0 Å². The predicted molar refractivity (Wildman–Crippen MR) is 54.4 cm³/mol. The fourth-order valence-corrected chi connectivity index (χ4v) is 3.61. The first kappa shape index (κ1) is 9.30. The summed E-state index contributed by atoms with van der Waals surface area (Å²) in [6.07, 6.45) is 4.07. The molecule has 0 spiro atoms. The third-order valence-electron chi connectivity index (χ3n) is 2.12. The number of hydrogen-bond donors (Lipinski definition) is 1. The van der Waals surface area contributed by atoms with Crippen LogP contribution in [0.3, 0.4) is 0 Å². The molecule has 0 amide bonds. The van der Waals surface area contributed by atoms with Crippen LogP contribution in [0.4, 0.5) is 0 Å². The Labute approximate surface area is 84.0 Å². The molecule has 1 aliphatic heterocycles. The Kier molecular flexibility index (Phi) is 3.08. The van der Waals surface area contributed by atoms with E-state index in [0.29, 0.717) is 11.8 Å². The maximum Gasteiger partial charge on any atom is 0.180 e. The molecule has 1 aliphatic rings. The van der Waals surface area contributed by atoms with Gasteiger partial charge in [0.2, 0.25) is 0 Å². The molecule has 1 N–H and O–H groups in total. The van der Waals surface area contributed by atoms with Gasteiger partial charge in [0.25, 0.3) is 0 Å². The van der Waals surface area contributed by atoms with Crippen LogP contribution in [0.2, 0.25) is 0 Å². The normalized spacial score (nSPS) is 24.8. The van der Waals surface area contributed by atoms with E-state index in [-0.39, 0.29) is 0 Å². The fraction of sp³-hybridized carbons (Fsp3) is 0.625. The van der Waals surface area contributed by atoms with Gasteiger partial charge in [-0.1, -0.05) is 0 Å². The van der Waals surface area contributed by atoms with E-state index in [2.05, 4.69) is 10.3 Å². The van der Waals surface area contributed by atoms with Gasteiger partial charge < -0.3 is 5.32 Å². The van der Waals surface area contributed by atoms with Crippen LogP contribution in [0.25, 0.3) is 0 Å². The van der Waals surface area contributed by atoms with Crippen LogP contribution in [0.1, 0.15) is 12.8 Å². The Hall–Kier alpha value is -0.260. The van der Waals surface area contributed by atoms with Crippen LogP contribution in [-0.2, 0) is 10.8 Å². The lowest BCUT2D eigenvalue weighted by atomic mass is 10.3. The molecule has 0 unspecified atom stereocenters. The molecule has 1 aromatic heterocycles. The van der Waals surface area contributed by atoms with E-state index in [0.717, 1.165) is 17.3 Å². The molecule has 5 heteroatoms. The van der Waals surface area contributed by atoms with Gasteiger partial charge in [0.15, 0.2) is 4.34 Å². The average Bonchev–Trinajstić information content (AvgIpc) is 2.74. The lowest BCUT2D eigenvalue weighted by Crippen LogP contribution is -2.27. The second-order valence-corrected chi connectivity index (χ2v) is 5.67. The summed E-state index contributed by atoms with van der Waals surface area (Å²) in [7, 11) is -0.897. The molecule has 2 heterocycles. The van der Waals surface area contributed by atoms with Gasteiger partial charge in [-0.2, -0.15) is 0 Å². The molecule has 2 atom stereocenters. The third kappa shape index (κ3) is 2.36. The molecular weight excluding hydrogens is 204 g/mol. The van der Waals surface area contributed by atoms with Crippen molar-refractivity contribution in [3.63, 3.8) is 0 Å². The highest BCUT2D eigenvalue weighted by Crippen LogP contribution is 2.13. The zero-order valence-corrected chi connectivity index (χ0v) is 8.87. The molecule has 13 heavy (non-hydrogen) atoms. The summed E-state index contributed by atoms with van der Waals surface area (Å²) in [6, 6.07) is 0.435. The lowest BCUT2D eigenvalue weighted by Gasteiger charge is -2.07. The van der Waals surface area contributed by atoms with E-state index in [1.165, 1.54) is 17.8 Å². The molecule has 0 aromatic carbocycles. The van der Waals surface area contributed by atoms with E-state index >= 15 is 0 Å². The van der Waals surface area contributed by atoms with Gasteiger partial charge in [0, 0.05) is 23.4 Å². The predicted octanol–water partition coefficient (Wildman–Crippen LogP) is 1.00. The minimum Gasteiger partial charge on any atom is -0.313 e. The van der Waals surface area contributed by atoms with Crippen LogP contribution < -0.4 is 5.32 Å². The number of aromatic nitrogens is 1. The summed E-state index contributed by atoms with van der Waals surface area (Å²) in [4.78, 5) is 4.05. The molecule has 1 saturated heterocycles. The standard InChI is InChI=1S/C8H12N2OS2/c11-13(8-10-4-5-12-8)6-7-2-1-3-9-7/h4-5,7,9H,1-3,6H2/t7-,13-/m0/s1. The highest BCUT2D eigenvalue weighted by Gasteiger charge is 2.18. The second-order valence-electron chi connectivity index (χ2n) is 3.10. The van der Waals surface area contributed by atoms with Gasteiger partial charge in [0.1, 0.15) is 0 Å². The maximum absolute atomic E-state index is 11.7. The zero-order chi connectivity index (χ0) is 9.10. The van der Waals surface area contributed by atoms with Gasteiger partial charge in [-0.15, -0.1) is 11.3 Å². The van der Waals surface area contributed by atoms with Crippen molar-refractivity contribution < 1.29 is 4.21 Å². The minimum atomic E-state index is -0.897. The lowest BCUT2D eigenvalue weighted by molar-refractivity contribution is 0.643. The Balaban J connectivity index is 1.91. The molecule has 0 aliphatic carbocycles. The maximum atomic E-state index is 11.7. The summed E-state index contributed by atoms with van der Waals surface area (Å²) in [5.74, 6) is 0.716. The molecule has 72 valence electrons. The van der Waals surface area contributed by atoms with E-state index in [1.54, 1.807) is 6.20 Å². The topological polar surface area (TPSA) is 42.0 Å². The number of nitrogens with zero attached hydrogens (tertiary/aromatic N) is 1. The molecule has 3 nitrogen and oxygen atoms in total. The van der Waals surface area contributed by atoms with Crippen molar-refractivity contribution in [3.05, 3.63) is 11.6 Å². The van der Waals surface area contributed by atoms with Crippen molar-refractivity contribution in [1.82, 2.24) is 10.3 Å². The van der Waals surface area contributed by atoms with E-state index in [9.17, 15) is 4.21 Å². The molecule has 0 bridgehead atoms. The Morgan fingerprint density at radius 2 is 2.69 bits per heavy atom. The van der Waals surface area contributed by atoms with Crippen LogP contribution >= 0.6 is 11.3 Å². The average molecular weight is 216 g/mol. The smallest absolute Gasteiger partial charge is 0.180 e. The third-order valence-corrected chi connectivity index (χ3v) is 4.73. The Morgan fingerprint density at radius 1 is 1.77 bits per heavy atom.